The minimum atomic E-state index is -2.96. The Labute approximate surface area is 173 Å². The van der Waals surface area contributed by atoms with E-state index in [4.69, 9.17) is 4.74 Å². The molecule has 0 aliphatic carbocycles. The van der Waals surface area contributed by atoms with E-state index in [0.717, 1.165) is 43.6 Å². The van der Waals surface area contributed by atoms with Crippen molar-refractivity contribution in [3.63, 3.8) is 0 Å². The molecule has 0 spiro atoms. The number of nitrogens with one attached hydrogen (secondary N) is 1. The van der Waals surface area contributed by atoms with Crippen molar-refractivity contribution in [1.29, 1.82) is 0 Å². The molecule has 0 bridgehead atoms. The van der Waals surface area contributed by atoms with Crippen LogP contribution in [0.3, 0.4) is 0 Å². The van der Waals surface area contributed by atoms with Crippen molar-refractivity contribution in [2.24, 2.45) is 4.99 Å². The lowest BCUT2D eigenvalue weighted by atomic mass is 10.2. The van der Waals surface area contributed by atoms with Crippen LogP contribution >= 0.6 is 24.0 Å². The van der Waals surface area contributed by atoms with Gasteiger partial charge in [-0.3, -0.25) is 4.99 Å². The normalized spacial score (nSPS) is 15.4. The molecule has 2 rings (SSSR count). The molecule has 7 nitrogen and oxygen atoms in total. The molecule has 0 atom stereocenters. The van der Waals surface area contributed by atoms with Crippen LogP contribution in [0.15, 0.2) is 29.3 Å². The molecule has 0 radical (unpaired) electrons. The Balaban J connectivity index is 0.00000338. The summed E-state index contributed by atoms with van der Waals surface area (Å²) in [7, 11) is 0.438. The molecule has 0 saturated carbocycles. The minimum absolute atomic E-state index is 0. The SMILES string of the molecule is CCS(=O)(=O)CCNC(=NC)N1CCN(c2cccc(OC)c2)CC1.I. The Kier molecular flexibility index (Phi) is 9.48. The number of hydrogen-bond donors (Lipinski definition) is 1. The summed E-state index contributed by atoms with van der Waals surface area (Å²) >= 11 is 0. The number of sulfone groups is 1. The first-order chi connectivity index (χ1) is 12.0. The van der Waals surface area contributed by atoms with Crippen molar-refractivity contribution in [2.75, 3.05) is 63.3 Å². The van der Waals surface area contributed by atoms with E-state index in [9.17, 15) is 8.42 Å². The summed E-state index contributed by atoms with van der Waals surface area (Å²) < 4.78 is 28.5. The van der Waals surface area contributed by atoms with Gasteiger partial charge in [-0.1, -0.05) is 13.0 Å². The van der Waals surface area contributed by atoms with Crippen LogP contribution in [0.5, 0.6) is 5.75 Å². The maximum absolute atomic E-state index is 11.6. The summed E-state index contributed by atoms with van der Waals surface area (Å²) in [5.74, 6) is 1.92. The van der Waals surface area contributed by atoms with Crippen molar-refractivity contribution in [3.05, 3.63) is 24.3 Å². The fourth-order valence-electron chi connectivity index (χ4n) is 2.78. The average Bonchev–Trinajstić information content (AvgIpc) is 2.65. The number of anilines is 1. The third kappa shape index (κ3) is 6.49. The molecule has 0 amide bonds. The van der Waals surface area contributed by atoms with Crippen LogP contribution in [0.25, 0.3) is 0 Å². The van der Waals surface area contributed by atoms with Gasteiger partial charge in [0, 0.05) is 57.3 Å². The molecule has 9 heteroatoms. The Morgan fingerprint density at radius 3 is 2.54 bits per heavy atom. The lowest BCUT2D eigenvalue weighted by molar-refractivity contribution is 0.373. The summed E-state index contributed by atoms with van der Waals surface area (Å²) in [6.07, 6.45) is 0. The summed E-state index contributed by atoms with van der Waals surface area (Å²) in [6, 6.07) is 8.06. The average molecular weight is 496 g/mol. The lowest BCUT2D eigenvalue weighted by Crippen LogP contribution is -2.53. The zero-order valence-corrected chi connectivity index (χ0v) is 18.8. The fraction of sp³-hybridized carbons (Fsp3) is 0.588. The smallest absolute Gasteiger partial charge is 0.193 e. The van der Waals surface area contributed by atoms with Crippen LogP contribution < -0.4 is 15.0 Å². The second kappa shape index (κ2) is 10.8. The number of piperazine rings is 1. The number of rotatable bonds is 6. The zero-order valence-electron chi connectivity index (χ0n) is 15.6. The van der Waals surface area contributed by atoms with E-state index in [1.807, 2.05) is 18.2 Å². The first kappa shape index (κ1) is 22.8. The molecule has 26 heavy (non-hydrogen) atoms. The maximum Gasteiger partial charge on any atom is 0.193 e. The summed E-state index contributed by atoms with van der Waals surface area (Å²) in [4.78, 5) is 8.76. The van der Waals surface area contributed by atoms with Crippen LogP contribution in [0.4, 0.5) is 5.69 Å². The number of nitrogens with zero attached hydrogens (tertiary/aromatic N) is 3. The Morgan fingerprint density at radius 2 is 1.96 bits per heavy atom. The summed E-state index contributed by atoms with van der Waals surface area (Å²) in [5, 5.41) is 3.16. The highest BCUT2D eigenvalue weighted by Gasteiger charge is 2.20. The van der Waals surface area contributed by atoms with Crippen LogP contribution in [-0.2, 0) is 9.84 Å². The van der Waals surface area contributed by atoms with Crippen molar-refractivity contribution < 1.29 is 13.2 Å². The number of halogens is 1. The van der Waals surface area contributed by atoms with E-state index in [2.05, 4.69) is 26.2 Å². The minimum Gasteiger partial charge on any atom is -0.497 e. The zero-order chi connectivity index (χ0) is 18.3. The molecule has 148 valence electrons. The monoisotopic (exact) mass is 496 g/mol. The quantitative estimate of drug-likeness (QED) is 0.365. The molecule has 0 unspecified atom stereocenters. The Hall–Kier alpha value is -1.23. The van der Waals surface area contributed by atoms with Gasteiger partial charge >= 0.3 is 0 Å². The third-order valence-electron chi connectivity index (χ3n) is 4.35. The maximum atomic E-state index is 11.6. The van der Waals surface area contributed by atoms with E-state index in [0.29, 0.717) is 6.54 Å². The Morgan fingerprint density at radius 1 is 1.27 bits per heavy atom. The molecule has 1 saturated heterocycles. The van der Waals surface area contributed by atoms with Gasteiger partial charge in [0.2, 0.25) is 0 Å². The van der Waals surface area contributed by atoms with Gasteiger partial charge in [0.25, 0.3) is 0 Å². The molecular weight excluding hydrogens is 467 g/mol. The second-order valence-corrected chi connectivity index (χ2v) is 8.36. The molecule has 1 fully saturated rings. The number of ether oxygens (including phenoxy) is 1. The van der Waals surface area contributed by atoms with E-state index in [-0.39, 0.29) is 35.5 Å². The summed E-state index contributed by atoms with van der Waals surface area (Å²) in [5.41, 5.74) is 1.15. The number of methoxy groups -OCH3 is 1. The number of guanidine groups is 1. The van der Waals surface area contributed by atoms with Crippen LogP contribution in [0.2, 0.25) is 0 Å². The first-order valence-electron chi connectivity index (χ1n) is 8.54. The van der Waals surface area contributed by atoms with Crippen LogP contribution in [0, 0.1) is 0 Å². The predicted octanol–water partition coefficient (Wildman–Crippen LogP) is 1.45. The van der Waals surface area contributed by atoms with E-state index >= 15 is 0 Å². The molecule has 1 aromatic carbocycles. The molecule has 1 aromatic rings. The lowest BCUT2D eigenvalue weighted by Gasteiger charge is -2.37. The largest absolute Gasteiger partial charge is 0.497 e. The third-order valence-corrected chi connectivity index (χ3v) is 6.05. The topological polar surface area (TPSA) is 74.2 Å². The Bertz CT molecular complexity index is 689. The van der Waals surface area contributed by atoms with Gasteiger partial charge in [0.05, 0.1) is 12.9 Å². The summed E-state index contributed by atoms with van der Waals surface area (Å²) in [6.45, 7) is 5.47. The van der Waals surface area contributed by atoms with Crippen LogP contribution in [-0.4, -0.2) is 77.7 Å². The predicted molar refractivity (Wildman–Crippen MR) is 118 cm³/mol. The van der Waals surface area contributed by atoms with E-state index in [1.54, 1.807) is 21.1 Å². The number of aliphatic imine (C=N–C) groups is 1. The van der Waals surface area contributed by atoms with Crippen molar-refractivity contribution in [1.82, 2.24) is 10.2 Å². The fourth-order valence-corrected chi connectivity index (χ4v) is 3.48. The highest BCUT2D eigenvalue weighted by atomic mass is 127. The highest BCUT2D eigenvalue weighted by molar-refractivity contribution is 14.0. The van der Waals surface area contributed by atoms with Gasteiger partial charge in [0.15, 0.2) is 15.8 Å². The van der Waals surface area contributed by atoms with Gasteiger partial charge in [0.1, 0.15) is 5.75 Å². The van der Waals surface area contributed by atoms with E-state index < -0.39 is 9.84 Å². The van der Waals surface area contributed by atoms with Gasteiger partial charge in [-0.05, 0) is 12.1 Å². The molecule has 1 N–H and O–H groups in total. The number of benzene rings is 1. The highest BCUT2D eigenvalue weighted by Crippen LogP contribution is 2.22. The molecule has 0 aromatic heterocycles. The first-order valence-corrected chi connectivity index (χ1v) is 10.4. The van der Waals surface area contributed by atoms with Gasteiger partial charge in [-0.2, -0.15) is 0 Å². The standard InChI is InChI=1S/C17H28N4O3S.HI/c1-4-25(22,23)13-8-19-17(18-2)21-11-9-20(10-12-21)15-6-5-7-16(14-15)24-3;/h5-7,14H,4,8-13H2,1-3H3,(H,18,19);1H. The molecular formula is C17H29IN4O3S. The second-order valence-electron chi connectivity index (χ2n) is 5.89. The van der Waals surface area contributed by atoms with Crippen molar-refractivity contribution in [3.8, 4) is 5.75 Å². The molecule has 1 aliphatic heterocycles. The number of hydrogen-bond acceptors (Lipinski definition) is 5. The van der Waals surface area contributed by atoms with E-state index in [1.165, 1.54) is 0 Å². The van der Waals surface area contributed by atoms with Crippen molar-refractivity contribution in [2.45, 2.75) is 6.92 Å². The van der Waals surface area contributed by atoms with Gasteiger partial charge in [-0.15, -0.1) is 24.0 Å². The molecule has 1 aliphatic rings. The molecule has 1 heterocycles. The van der Waals surface area contributed by atoms with Crippen LogP contribution in [0.1, 0.15) is 6.92 Å². The van der Waals surface area contributed by atoms with Gasteiger partial charge < -0.3 is 19.9 Å². The van der Waals surface area contributed by atoms with Gasteiger partial charge in [-0.25, -0.2) is 8.42 Å². The van der Waals surface area contributed by atoms with Crippen molar-refractivity contribution >= 4 is 45.5 Å².